The number of thioether (sulfide) groups is 1. The molecule has 2 aromatic rings. The topological polar surface area (TPSA) is 36.4 Å². The molecule has 124 valence electrons. The maximum Gasteiger partial charge on any atom is 0.236 e. The summed E-state index contributed by atoms with van der Waals surface area (Å²) in [6.45, 7) is 4.35. The predicted molar refractivity (Wildman–Crippen MR) is 95.9 cm³/mol. The Bertz CT molecular complexity index is 689. The highest BCUT2D eigenvalue weighted by atomic mass is 32.2. The van der Waals surface area contributed by atoms with Gasteiger partial charge in [0.05, 0.1) is 10.9 Å². The molecule has 0 aliphatic carbocycles. The van der Waals surface area contributed by atoms with Gasteiger partial charge < -0.3 is 4.90 Å². The van der Waals surface area contributed by atoms with Crippen LogP contribution in [0.1, 0.15) is 11.3 Å². The van der Waals surface area contributed by atoms with Crippen molar-refractivity contribution < 1.29 is 4.79 Å². The molecule has 2 aliphatic rings. The van der Waals surface area contributed by atoms with E-state index < -0.39 is 0 Å². The molecule has 0 spiro atoms. The number of rotatable bonds is 3. The van der Waals surface area contributed by atoms with Crippen molar-refractivity contribution in [3.63, 3.8) is 0 Å². The van der Waals surface area contributed by atoms with Crippen LogP contribution < -0.4 is 0 Å². The summed E-state index contributed by atoms with van der Waals surface area (Å²) in [4.78, 5) is 22.9. The third-order valence-corrected chi connectivity index (χ3v) is 6.02. The van der Waals surface area contributed by atoms with E-state index in [1.165, 1.54) is 10.5 Å². The SMILES string of the molecule is O=C([C@@H]1Cc2ccccc2S1)N1CCN(Cc2ccccn2)CC1. The van der Waals surface area contributed by atoms with Gasteiger partial charge in [0.25, 0.3) is 0 Å². The van der Waals surface area contributed by atoms with Crippen molar-refractivity contribution in [1.29, 1.82) is 0 Å². The molecule has 0 N–H and O–H groups in total. The van der Waals surface area contributed by atoms with Gasteiger partial charge in [-0.25, -0.2) is 0 Å². The largest absolute Gasteiger partial charge is 0.339 e. The highest BCUT2D eigenvalue weighted by Gasteiger charge is 2.32. The van der Waals surface area contributed by atoms with Crippen LogP contribution in [0.5, 0.6) is 0 Å². The lowest BCUT2D eigenvalue weighted by Gasteiger charge is -2.35. The van der Waals surface area contributed by atoms with E-state index in [2.05, 4.69) is 40.2 Å². The molecule has 3 heterocycles. The summed E-state index contributed by atoms with van der Waals surface area (Å²) in [6.07, 6.45) is 2.71. The Hall–Kier alpha value is -1.85. The Morgan fingerprint density at radius 1 is 1.08 bits per heavy atom. The highest BCUT2D eigenvalue weighted by molar-refractivity contribution is 8.01. The molecular weight excluding hydrogens is 318 g/mol. The number of nitrogens with zero attached hydrogens (tertiary/aromatic N) is 3. The second kappa shape index (κ2) is 6.95. The molecule has 1 aromatic carbocycles. The van der Waals surface area contributed by atoms with Gasteiger partial charge in [0, 0.05) is 43.8 Å². The van der Waals surface area contributed by atoms with E-state index in [0.29, 0.717) is 5.91 Å². The summed E-state index contributed by atoms with van der Waals surface area (Å²) in [5.41, 5.74) is 2.41. The van der Waals surface area contributed by atoms with Crippen molar-refractivity contribution in [3.8, 4) is 0 Å². The van der Waals surface area contributed by atoms with E-state index in [-0.39, 0.29) is 5.25 Å². The first-order valence-corrected chi connectivity index (χ1v) is 9.33. The van der Waals surface area contributed by atoms with Crippen molar-refractivity contribution in [2.45, 2.75) is 23.1 Å². The van der Waals surface area contributed by atoms with Crippen LogP contribution in [0.15, 0.2) is 53.6 Å². The van der Waals surface area contributed by atoms with Crippen molar-refractivity contribution in [2.24, 2.45) is 0 Å². The van der Waals surface area contributed by atoms with E-state index in [0.717, 1.165) is 44.8 Å². The number of carbonyl (C=O) groups is 1. The summed E-state index contributed by atoms with van der Waals surface area (Å²) in [6, 6.07) is 14.4. The number of pyridine rings is 1. The number of fused-ring (bicyclic) bond motifs is 1. The molecule has 1 amide bonds. The van der Waals surface area contributed by atoms with Crippen LogP contribution in [0.2, 0.25) is 0 Å². The average molecular weight is 339 g/mol. The number of aromatic nitrogens is 1. The fourth-order valence-corrected chi connectivity index (χ4v) is 4.65. The third-order valence-electron chi connectivity index (χ3n) is 4.72. The summed E-state index contributed by atoms with van der Waals surface area (Å²) >= 11 is 1.73. The first kappa shape index (κ1) is 15.7. The maximum atomic E-state index is 12.8. The molecule has 24 heavy (non-hydrogen) atoms. The van der Waals surface area contributed by atoms with E-state index in [1.807, 2.05) is 23.2 Å². The highest BCUT2D eigenvalue weighted by Crippen LogP contribution is 2.37. The molecule has 2 aliphatic heterocycles. The molecule has 4 nitrogen and oxygen atoms in total. The Kier molecular flexibility index (Phi) is 4.54. The second-order valence-corrected chi connectivity index (χ2v) is 7.59. The van der Waals surface area contributed by atoms with Crippen LogP contribution in [0.25, 0.3) is 0 Å². The van der Waals surface area contributed by atoms with Gasteiger partial charge in [0.1, 0.15) is 0 Å². The molecule has 1 saturated heterocycles. The zero-order valence-electron chi connectivity index (χ0n) is 13.6. The van der Waals surface area contributed by atoms with Crippen LogP contribution in [0.3, 0.4) is 0 Å². The summed E-state index contributed by atoms with van der Waals surface area (Å²) in [5.74, 6) is 0.300. The minimum absolute atomic E-state index is 0.0599. The number of hydrogen-bond acceptors (Lipinski definition) is 4. The van der Waals surface area contributed by atoms with Gasteiger partial charge in [-0.05, 0) is 30.2 Å². The Labute approximate surface area is 146 Å². The van der Waals surface area contributed by atoms with Crippen LogP contribution in [-0.2, 0) is 17.8 Å². The van der Waals surface area contributed by atoms with Gasteiger partial charge in [-0.1, -0.05) is 24.3 Å². The minimum atomic E-state index is 0.0599. The fraction of sp³-hybridized carbons (Fsp3) is 0.368. The van der Waals surface area contributed by atoms with Gasteiger partial charge >= 0.3 is 0 Å². The predicted octanol–water partition coefficient (Wildman–Crippen LogP) is 2.44. The van der Waals surface area contributed by atoms with E-state index in [9.17, 15) is 4.79 Å². The summed E-state index contributed by atoms with van der Waals surface area (Å²) in [7, 11) is 0. The number of amides is 1. The lowest BCUT2D eigenvalue weighted by molar-refractivity contribution is -0.132. The van der Waals surface area contributed by atoms with Crippen LogP contribution in [0, 0.1) is 0 Å². The van der Waals surface area contributed by atoms with Crippen molar-refractivity contribution >= 4 is 17.7 Å². The quantitative estimate of drug-likeness (QED) is 0.861. The average Bonchev–Trinajstić information content (AvgIpc) is 3.07. The zero-order valence-corrected chi connectivity index (χ0v) is 14.4. The lowest BCUT2D eigenvalue weighted by Crippen LogP contribution is -2.50. The zero-order chi connectivity index (χ0) is 16.4. The monoisotopic (exact) mass is 339 g/mol. The Morgan fingerprint density at radius 3 is 2.62 bits per heavy atom. The number of piperazine rings is 1. The molecule has 0 saturated carbocycles. The first-order valence-electron chi connectivity index (χ1n) is 8.45. The molecule has 1 aromatic heterocycles. The molecule has 0 radical (unpaired) electrons. The molecule has 4 rings (SSSR count). The van der Waals surface area contributed by atoms with Gasteiger partial charge in [0.15, 0.2) is 0 Å². The van der Waals surface area contributed by atoms with E-state index >= 15 is 0 Å². The van der Waals surface area contributed by atoms with Crippen LogP contribution in [0.4, 0.5) is 0 Å². The van der Waals surface area contributed by atoms with Crippen molar-refractivity contribution in [1.82, 2.24) is 14.8 Å². The van der Waals surface area contributed by atoms with Crippen molar-refractivity contribution in [3.05, 3.63) is 59.9 Å². The standard InChI is InChI=1S/C19H21N3OS/c23-19(18-13-15-5-1-2-7-17(15)24-18)22-11-9-21(10-12-22)14-16-6-3-4-8-20-16/h1-8,18H,9-14H2/t18-/m0/s1. The first-order chi connectivity index (χ1) is 11.8. The molecular formula is C19H21N3OS. The number of benzene rings is 1. The fourth-order valence-electron chi connectivity index (χ4n) is 3.37. The van der Waals surface area contributed by atoms with E-state index in [4.69, 9.17) is 0 Å². The second-order valence-electron chi connectivity index (χ2n) is 6.34. The third kappa shape index (κ3) is 3.32. The van der Waals surface area contributed by atoms with E-state index in [1.54, 1.807) is 11.8 Å². The summed E-state index contributed by atoms with van der Waals surface area (Å²) < 4.78 is 0. The van der Waals surface area contributed by atoms with Crippen LogP contribution in [-0.4, -0.2) is 52.1 Å². The molecule has 1 fully saturated rings. The Balaban J connectivity index is 1.31. The van der Waals surface area contributed by atoms with Gasteiger partial charge in [-0.3, -0.25) is 14.7 Å². The molecule has 1 atom stereocenters. The van der Waals surface area contributed by atoms with Gasteiger partial charge in [-0.2, -0.15) is 0 Å². The molecule has 0 unspecified atom stereocenters. The number of hydrogen-bond donors (Lipinski definition) is 0. The molecule has 0 bridgehead atoms. The van der Waals surface area contributed by atoms with Gasteiger partial charge in [-0.15, -0.1) is 11.8 Å². The minimum Gasteiger partial charge on any atom is -0.339 e. The van der Waals surface area contributed by atoms with Crippen molar-refractivity contribution in [2.75, 3.05) is 26.2 Å². The molecule has 5 heteroatoms. The van der Waals surface area contributed by atoms with Crippen LogP contribution >= 0.6 is 11.8 Å². The smallest absolute Gasteiger partial charge is 0.236 e. The maximum absolute atomic E-state index is 12.8. The Morgan fingerprint density at radius 2 is 1.88 bits per heavy atom. The van der Waals surface area contributed by atoms with Gasteiger partial charge in [0.2, 0.25) is 5.91 Å². The lowest BCUT2D eigenvalue weighted by atomic mass is 10.1. The normalized spacial score (nSPS) is 20.8. The number of carbonyl (C=O) groups excluding carboxylic acids is 1. The summed E-state index contributed by atoms with van der Waals surface area (Å²) in [5, 5.41) is 0.0599.